The third-order valence-corrected chi connectivity index (χ3v) is 12.8. The molecule has 2 aliphatic carbocycles. The van der Waals surface area contributed by atoms with Crippen molar-refractivity contribution in [1.82, 2.24) is 41.3 Å². The summed E-state index contributed by atoms with van der Waals surface area (Å²) in [5, 5.41) is 30.9. The van der Waals surface area contributed by atoms with Crippen LogP contribution in [0.5, 0.6) is 0 Å². The Morgan fingerprint density at radius 2 is 1.12 bits per heavy atom. The van der Waals surface area contributed by atoms with Gasteiger partial charge in [0.15, 0.2) is 9.84 Å². The highest BCUT2D eigenvalue weighted by Gasteiger charge is 2.42. The van der Waals surface area contributed by atoms with Gasteiger partial charge in [0.1, 0.15) is 11.4 Å². The summed E-state index contributed by atoms with van der Waals surface area (Å²) in [6.07, 6.45) is 2.33. The molecular formula is C38H34N8O9S. The first-order chi connectivity index (χ1) is 27.2. The van der Waals surface area contributed by atoms with Gasteiger partial charge in [-0.3, -0.25) is 9.59 Å². The topological polar surface area (TPSA) is 231 Å². The van der Waals surface area contributed by atoms with Gasteiger partial charge in [-0.05, 0) is 31.2 Å². The Labute approximate surface area is 318 Å². The van der Waals surface area contributed by atoms with Gasteiger partial charge in [-0.1, -0.05) is 64.9 Å². The molecule has 4 fully saturated rings. The number of amides is 2. The van der Waals surface area contributed by atoms with E-state index in [9.17, 15) is 18.0 Å². The second-order valence-electron chi connectivity index (χ2n) is 14.9. The third kappa shape index (κ3) is 6.57. The fraction of sp³-hybridized carbons (Fsp3) is 0.368. The van der Waals surface area contributed by atoms with Crippen molar-refractivity contribution in [3.63, 3.8) is 0 Å². The highest BCUT2D eigenvalue weighted by molar-refractivity contribution is 7.92. The van der Waals surface area contributed by atoms with E-state index < -0.39 is 9.84 Å². The van der Waals surface area contributed by atoms with Crippen molar-refractivity contribution in [1.29, 1.82) is 0 Å². The lowest BCUT2D eigenvalue weighted by atomic mass is 9.80. The number of carbonyl (C=O) groups excluding carboxylic acids is 2. The molecule has 18 heteroatoms. The van der Waals surface area contributed by atoms with Crippen molar-refractivity contribution in [3.8, 4) is 22.5 Å². The van der Waals surface area contributed by atoms with E-state index >= 15 is 0 Å². The average molecular weight is 779 g/mol. The summed E-state index contributed by atoms with van der Waals surface area (Å²) in [5.74, 6) is 1.26. The molecule has 4 aliphatic rings. The molecular weight excluding hydrogens is 745 g/mol. The van der Waals surface area contributed by atoms with Crippen LogP contribution < -0.4 is 10.6 Å². The minimum atomic E-state index is -2.99. The molecule has 286 valence electrons. The first-order valence-corrected chi connectivity index (χ1v) is 20.2. The second-order valence-corrected chi connectivity index (χ2v) is 17.1. The molecule has 2 aromatic carbocycles. The molecule has 2 saturated heterocycles. The summed E-state index contributed by atoms with van der Waals surface area (Å²) >= 11 is 0. The molecule has 2 unspecified atom stereocenters. The number of carbonyl (C=O) groups is 2. The fourth-order valence-corrected chi connectivity index (χ4v) is 8.95. The van der Waals surface area contributed by atoms with Crippen LogP contribution in [0.15, 0.2) is 84.6 Å². The number of aromatic nitrogens is 6. The van der Waals surface area contributed by atoms with Crippen molar-refractivity contribution < 1.29 is 40.6 Å². The largest absolute Gasteiger partial charge is 0.425 e. The summed E-state index contributed by atoms with van der Waals surface area (Å²) < 4.78 is 51.3. The SMILES string of the molecule is O=C(NC1CC(c2nnc(C3CS(=O)(=O)C3)o2)C1)c1cc(-c2ccc(C3OCC3c3nnc(C4CC(NC(=O)c5cc(-c6ccccc6)no5)C4)o3)cc2)no1. The zero-order chi connectivity index (χ0) is 38.0. The molecule has 17 nitrogen and oxygen atoms in total. The van der Waals surface area contributed by atoms with Gasteiger partial charge in [0.05, 0.1) is 36.1 Å². The summed E-state index contributed by atoms with van der Waals surface area (Å²) in [6.45, 7) is 0.450. The van der Waals surface area contributed by atoms with Gasteiger partial charge in [0.25, 0.3) is 11.8 Å². The normalized spacial score (nSPS) is 25.3. The summed E-state index contributed by atoms with van der Waals surface area (Å²) in [7, 11) is -2.99. The van der Waals surface area contributed by atoms with E-state index in [1.165, 1.54) is 0 Å². The number of ether oxygens (including phenoxy) is 1. The number of nitrogens with zero attached hydrogens (tertiary/aromatic N) is 6. The van der Waals surface area contributed by atoms with Crippen molar-refractivity contribution in [2.45, 2.75) is 67.5 Å². The van der Waals surface area contributed by atoms with Gasteiger partial charge in [-0.25, -0.2) is 8.42 Å². The first kappa shape index (κ1) is 34.5. The standard InChI is InChI=1S/C38H34N8O9S/c47-33(30-14-28(45-54-30)19-4-2-1-3-5-19)40-26-12-23(13-26)36-42-44-38(53-36)27-16-51-32(27)21-8-6-20(7-9-21)29-15-31(55-46-29)34(48)39-25-10-22(11-25)35-41-43-37(52-35)24-17-56(49,50)18-24/h1-9,14-15,22-27,32H,10-13,16-18H2,(H,39,48)(H,40,47). The summed E-state index contributed by atoms with van der Waals surface area (Å²) in [6, 6.07) is 20.3. The van der Waals surface area contributed by atoms with Crippen LogP contribution in [-0.4, -0.2) is 81.1 Å². The number of hydrogen-bond donors (Lipinski definition) is 2. The first-order valence-electron chi connectivity index (χ1n) is 18.4. The monoisotopic (exact) mass is 778 g/mol. The Bertz CT molecular complexity index is 2510. The molecule has 0 bridgehead atoms. The van der Waals surface area contributed by atoms with Crippen LogP contribution in [-0.2, 0) is 14.6 Å². The van der Waals surface area contributed by atoms with Crippen LogP contribution >= 0.6 is 0 Å². The lowest BCUT2D eigenvalue weighted by Gasteiger charge is -2.35. The minimum Gasteiger partial charge on any atom is -0.425 e. The predicted molar refractivity (Wildman–Crippen MR) is 192 cm³/mol. The van der Waals surface area contributed by atoms with Gasteiger partial charge < -0.3 is 33.3 Å². The Hall–Kier alpha value is -6.01. The molecule has 0 spiro atoms. The summed E-state index contributed by atoms with van der Waals surface area (Å²) in [5.41, 5.74) is 3.71. The maximum absolute atomic E-state index is 12.9. The van der Waals surface area contributed by atoms with Crippen molar-refractivity contribution in [3.05, 3.63) is 107 Å². The Morgan fingerprint density at radius 1 is 0.625 bits per heavy atom. The Balaban J connectivity index is 0.689. The molecule has 4 aromatic heterocycles. The molecule has 2 saturated carbocycles. The zero-order valence-electron chi connectivity index (χ0n) is 29.6. The van der Waals surface area contributed by atoms with E-state index in [1.807, 2.05) is 54.6 Å². The molecule has 10 rings (SSSR count). The molecule has 6 heterocycles. The number of hydrogen-bond acceptors (Lipinski definition) is 15. The lowest BCUT2D eigenvalue weighted by molar-refractivity contribution is -0.0885. The van der Waals surface area contributed by atoms with Crippen LogP contribution in [0.1, 0.15) is 106 Å². The minimum absolute atomic E-state index is 0.00142. The molecule has 2 aliphatic heterocycles. The number of nitrogens with one attached hydrogen (secondary N) is 2. The van der Waals surface area contributed by atoms with Crippen LogP contribution in [0.2, 0.25) is 0 Å². The average Bonchev–Trinajstić information content (AvgIpc) is 3.98. The van der Waals surface area contributed by atoms with Crippen LogP contribution in [0.4, 0.5) is 0 Å². The molecule has 2 atom stereocenters. The predicted octanol–water partition coefficient (Wildman–Crippen LogP) is 4.48. The van der Waals surface area contributed by atoms with Gasteiger partial charge in [0.2, 0.25) is 35.1 Å². The van der Waals surface area contributed by atoms with E-state index in [0.717, 1.165) is 16.7 Å². The molecule has 2 N–H and O–H groups in total. The van der Waals surface area contributed by atoms with Crippen LogP contribution in [0.3, 0.4) is 0 Å². The Kier molecular flexibility index (Phi) is 8.39. The van der Waals surface area contributed by atoms with E-state index in [4.69, 9.17) is 22.6 Å². The fourth-order valence-electron chi connectivity index (χ4n) is 7.54. The quantitative estimate of drug-likeness (QED) is 0.185. The summed E-state index contributed by atoms with van der Waals surface area (Å²) in [4.78, 5) is 25.7. The molecule has 6 aromatic rings. The van der Waals surface area contributed by atoms with Gasteiger partial charge in [-0.15, -0.1) is 20.4 Å². The van der Waals surface area contributed by atoms with Crippen LogP contribution in [0, 0.1) is 0 Å². The second kappa shape index (κ2) is 13.6. The molecule has 56 heavy (non-hydrogen) atoms. The maximum atomic E-state index is 12.9. The van der Waals surface area contributed by atoms with Crippen LogP contribution in [0.25, 0.3) is 22.5 Å². The number of benzene rings is 2. The van der Waals surface area contributed by atoms with E-state index in [1.54, 1.807) is 12.1 Å². The van der Waals surface area contributed by atoms with Crippen molar-refractivity contribution >= 4 is 21.7 Å². The van der Waals surface area contributed by atoms with Crippen molar-refractivity contribution in [2.24, 2.45) is 0 Å². The molecule has 0 radical (unpaired) electrons. The van der Waals surface area contributed by atoms with E-state index in [-0.39, 0.29) is 76.7 Å². The highest BCUT2D eigenvalue weighted by atomic mass is 32.2. The van der Waals surface area contributed by atoms with Gasteiger partial charge >= 0.3 is 0 Å². The van der Waals surface area contributed by atoms with Gasteiger partial charge in [0, 0.05) is 47.2 Å². The number of sulfone groups is 1. The van der Waals surface area contributed by atoms with Gasteiger partial charge in [-0.2, -0.15) is 0 Å². The maximum Gasteiger partial charge on any atom is 0.290 e. The highest BCUT2D eigenvalue weighted by Crippen LogP contribution is 2.44. The van der Waals surface area contributed by atoms with E-state index in [0.29, 0.717) is 67.2 Å². The lowest BCUT2D eigenvalue weighted by Crippen LogP contribution is -2.43. The zero-order valence-corrected chi connectivity index (χ0v) is 30.4. The van der Waals surface area contributed by atoms with E-state index in [2.05, 4.69) is 41.3 Å². The third-order valence-electron chi connectivity index (χ3n) is 11.0. The Morgan fingerprint density at radius 3 is 1.64 bits per heavy atom. The molecule has 2 amide bonds. The smallest absolute Gasteiger partial charge is 0.290 e. The van der Waals surface area contributed by atoms with Crippen molar-refractivity contribution in [2.75, 3.05) is 18.1 Å². The number of rotatable bonds is 11.